The second-order valence-corrected chi connectivity index (χ2v) is 6.86. The van der Waals surface area contributed by atoms with Crippen LogP contribution in [0.25, 0.3) is 11.3 Å². The lowest BCUT2D eigenvalue weighted by Crippen LogP contribution is -2.34. The molecule has 1 fully saturated rings. The molecule has 25 heavy (non-hydrogen) atoms. The van der Waals surface area contributed by atoms with Gasteiger partial charge in [0.1, 0.15) is 11.5 Å². The largest absolute Gasteiger partial charge is 0.460 e. The molecule has 1 unspecified atom stereocenters. The van der Waals surface area contributed by atoms with Gasteiger partial charge in [-0.3, -0.25) is 4.90 Å². The zero-order valence-corrected chi connectivity index (χ0v) is 14.9. The van der Waals surface area contributed by atoms with Gasteiger partial charge >= 0.3 is 0 Å². The molecule has 0 N–H and O–H groups in total. The van der Waals surface area contributed by atoms with Crippen LogP contribution in [0.2, 0.25) is 0 Å². The molecule has 1 aliphatic rings. The second kappa shape index (κ2) is 8.30. The molecule has 2 aromatic rings. The van der Waals surface area contributed by atoms with Gasteiger partial charge in [-0.05, 0) is 38.4 Å². The highest BCUT2D eigenvalue weighted by Gasteiger charge is 2.20. The third-order valence-corrected chi connectivity index (χ3v) is 4.40. The van der Waals surface area contributed by atoms with Gasteiger partial charge in [-0.1, -0.05) is 12.1 Å². The normalized spacial score (nSPS) is 18.9. The molecule has 1 aliphatic heterocycles. The Morgan fingerprint density at radius 3 is 2.88 bits per heavy atom. The van der Waals surface area contributed by atoms with Crippen molar-refractivity contribution >= 4 is 0 Å². The lowest BCUT2D eigenvalue weighted by molar-refractivity contribution is 0.112. The van der Waals surface area contributed by atoms with Gasteiger partial charge in [-0.2, -0.15) is 5.26 Å². The fraction of sp³-hybridized carbons (Fsp3) is 0.450. The highest BCUT2D eigenvalue weighted by atomic mass is 16.5. The van der Waals surface area contributed by atoms with E-state index in [4.69, 9.17) is 9.15 Å². The van der Waals surface area contributed by atoms with E-state index in [0.717, 1.165) is 56.5 Å². The van der Waals surface area contributed by atoms with E-state index in [1.54, 1.807) is 0 Å². The molecule has 1 saturated heterocycles. The Kier molecular flexibility index (Phi) is 5.87. The Bertz CT molecular complexity index is 733. The maximum absolute atomic E-state index is 9.26. The average Bonchev–Trinajstić information content (AvgIpc) is 2.95. The van der Waals surface area contributed by atoms with E-state index in [1.807, 2.05) is 36.4 Å². The van der Waals surface area contributed by atoms with Gasteiger partial charge < -0.3 is 14.1 Å². The molecule has 0 radical (unpaired) electrons. The number of ether oxygens (including phenoxy) is 1. The van der Waals surface area contributed by atoms with Gasteiger partial charge in [0.15, 0.2) is 0 Å². The number of rotatable bonds is 5. The van der Waals surface area contributed by atoms with Crippen LogP contribution >= 0.6 is 0 Å². The Balaban J connectivity index is 1.69. The summed E-state index contributed by atoms with van der Waals surface area (Å²) in [6.07, 6.45) is 0. The van der Waals surface area contributed by atoms with Crippen molar-refractivity contribution in [2.24, 2.45) is 5.92 Å². The lowest BCUT2D eigenvalue weighted by Gasteiger charge is -2.24. The molecule has 0 aliphatic carbocycles. The Morgan fingerprint density at radius 1 is 1.24 bits per heavy atom. The van der Waals surface area contributed by atoms with E-state index in [1.165, 1.54) is 0 Å². The van der Waals surface area contributed by atoms with Crippen molar-refractivity contribution in [3.8, 4) is 17.4 Å². The predicted octanol–water partition coefficient (Wildman–Crippen LogP) is 2.83. The summed E-state index contributed by atoms with van der Waals surface area (Å²) < 4.78 is 11.8. The Hall–Kier alpha value is -2.13. The lowest BCUT2D eigenvalue weighted by atomic mass is 10.1. The number of nitrogens with zero attached hydrogens (tertiary/aromatic N) is 3. The van der Waals surface area contributed by atoms with Crippen LogP contribution in [-0.2, 0) is 11.3 Å². The molecular weight excluding hydrogens is 314 g/mol. The molecule has 5 nitrogen and oxygen atoms in total. The van der Waals surface area contributed by atoms with Gasteiger partial charge in [0.2, 0.25) is 0 Å². The molecule has 2 heterocycles. The minimum absolute atomic E-state index is 0.506. The summed E-state index contributed by atoms with van der Waals surface area (Å²) in [6.45, 7) is 5.28. The Morgan fingerprint density at radius 2 is 2.08 bits per heavy atom. The van der Waals surface area contributed by atoms with Crippen molar-refractivity contribution in [1.82, 2.24) is 9.80 Å². The summed E-state index contributed by atoms with van der Waals surface area (Å²) in [7, 11) is 4.20. The molecule has 5 heteroatoms. The highest BCUT2D eigenvalue weighted by molar-refractivity contribution is 5.66. The minimum atomic E-state index is 0.506. The van der Waals surface area contributed by atoms with E-state index in [2.05, 4.69) is 30.0 Å². The van der Waals surface area contributed by atoms with Crippen LogP contribution < -0.4 is 0 Å². The average molecular weight is 339 g/mol. The molecule has 0 bridgehead atoms. The standard InChI is InChI=1S/C20H25N3O2/c1-22(2)12-16-13-23(9-10-24-15-16)14-18-7-8-20(25-18)19-6-4-3-5-17(19)11-21/h3-8,16H,9-10,12-15H2,1-2H3. The van der Waals surface area contributed by atoms with Gasteiger partial charge in [0.25, 0.3) is 0 Å². The second-order valence-electron chi connectivity index (χ2n) is 6.86. The van der Waals surface area contributed by atoms with Gasteiger partial charge in [0, 0.05) is 31.1 Å². The number of hydrogen-bond donors (Lipinski definition) is 0. The maximum Gasteiger partial charge on any atom is 0.135 e. The fourth-order valence-electron chi connectivity index (χ4n) is 3.35. The molecule has 1 aromatic heterocycles. The third kappa shape index (κ3) is 4.70. The van der Waals surface area contributed by atoms with Crippen molar-refractivity contribution < 1.29 is 9.15 Å². The number of furan rings is 1. The number of benzene rings is 1. The summed E-state index contributed by atoms with van der Waals surface area (Å²) in [4.78, 5) is 4.60. The molecule has 132 valence electrons. The fourth-order valence-corrected chi connectivity index (χ4v) is 3.35. The highest BCUT2D eigenvalue weighted by Crippen LogP contribution is 2.26. The van der Waals surface area contributed by atoms with Crippen molar-refractivity contribution in [2.45, 2.75) is 6.54 Å². The summed E-state index contributed by atoms with van der Waals surface area (Å²) in [5.41, 5.74) is 1.48. The van der Waals surface area contributed by atoms with Crippen LogP contribution in [0.1, 0.15) is 11.3 Å². The Labute approximate surface area is 149 Å². The molecule has 0 saturated carbocycles. The predicted molar refractivity (Wildman–Crippen MR) is 97.0 cm³/mol. The van der Waals surface area contributed by atoms with E-state index < -0.39 is 0 Å². The monoisotopic (exact) mass is 339 g/mol. The van der Waals surface area contributed by atoms with E-state index in [-0.39, 0.29) is 0 Å². The van der Waals surface area contributed by atoms with Crippen molar-refractivity contribution in [2.75, 3.05) is 46.9 Å². The van der Waals surface area contributed by atoms with Crippen LogP contribution in [-0.4, -0.2) is 56.7 Å². The van der Waals surface area contributed by atoms with Crippen LogP contribution in [0.3, 0.4) is 0 Å². The summed E-state index contributed by atoms with van der Waals surface area (Å²) in [5, 5.41) is 9.26. The first-order chi connectivity index (χ1) is 12.2. The quantitative estimate of drug-likeness (QED) is 0.838. The SMILES string of the molecule is CN(C)CC1COCCN(Cc2ccc(-c3ccccc3C#N)o2)C1. The summed E-state index contributed by atoms with van der Waals surface area (Å²) in [6, 6.07) is 13.7. The first-order valence-corrected chi connectivity index (χ1v) is 8.68. The summed E-state index contributed by atoms with van der Waals surface area (Å²) >= 11 is 0. The van der Waals surface area contributed by atoms with E-state index >= 15 is 0 Å². The number of hydrogen-bond acceptors (Lipinski definition) is 5. The zero-order chi connectivity index (χ0) is 17.6. The zero-order valence-electron chi connectivity index (χ0n) is 14.9. The van der Waals surface area contributed by atoms with E-state index in [0.29, 0.717) is 11.5 Å². The minimum Gasteiger partial charge on any atom is -0.460 e. The smallest absolute Gasteiger partial charge is 0.135 e. The first-order valence-electron chi connectivity index (χ1n) is 8.68. The van der Waals surface area contributed by atoms with Gasteiger partial charge in [-0.25, -0.2) is 0 Å². The first kappa shape index (κ1) is 17.7. The molecule has 3 rings (SSSR count). The molecule has 0 spiro atoms. The molecule has 1 atom stereocenters. The topological polar surface area (TPSA) is 52.6 Å². The van der Waals surface area contributed by atoms with Crippen molar-refractivity contribution in [3.05, 3.63) is 47.7 Å². The van der Waals surface area contributed by atoms with Crippen LogP contribution in [0.5, 0.6) is 0 Å². The van der Waals surface area contributed by atoms with Gasteiger partial charge in [0.05, 0.1) is 31.4 Å². The maximum atomic E-state index is 9.26. The van der Waals surface area contributed by atoms with Crippen molar-refractivity contribution in [3.63, 3.8) is 0 Å². The van der Waals surface area contributed by atoms with Crippen LogP contribution in [0, 0.1) is 17.2 Å². The van der Waals surface area contributed by atoms with E-state index in [9.17, 15) is 5.26 Å². The molecule has 0 amide bonds. The molecular formula is C20H25N3O2. The third-order valence-electron chi connectivity index (χ3n) is 4.40. The number of nitriles is 1. The van der Waals surface area contributed by atoms with Crippen molar-refractivity contribution in [1.29, 1.82) is 5.26 Å². The van der Waals surface area contributed by atoms with Crippen LogP contribution in [0.4, 0.5) is 0 Å². The summed E-state index contributed by atoms with van der Waals surface area (Å²) in [5.74, 6) is 2.18. The van der Waals surface area contributed by atoms with Gasteiger partial charge in [-0.15, -0.1) is 0 Å². The van der Waals surface area contributed by atoms with Crippen LogP contribution in [0.15, 0.2) is 40.8 Å². The molecule has 1 aromatic carbocycles.